The molecule has 0 radical (unpaired) electrons. The van der Waals surface area contributed by atoms with E-state index in [9.17, 15) is 0 Å². The maximum absolute atomic E-state index is 5.24. The zero-order valence-electron chi connectivity index (χ0n) is 13.8. The van der Waals surface area contributed by atoms with Crippen LogP contribution in [-0.4, -0.2) is 37.7 Å². The summed E-state index contributed by atoms with van der Waals surface area (Å²) in [7, 11) is 3.74. The van der Waals surface area contributed by atoms with Crippen LogP contribution in [0.5, 0.6) is 5.75 Å². The smallest absolute Gasteiger partial charge is 0.118 e. The molecule has 0 saturated heterocycles. The molecular formula is C17H30N2O. The lowest BCUT2D eigenvalue weighted by Gasteiger charge is -2.38. The van der Waals surface area contributed by atoms with Gasteiger partial charge in [-0.05, 0) is 51.6 Å². The highest BCUT2D eigenvalue weighted by molar-refractivity contribution is 5.29. The van der Waals surface area contributed by atoms with Gasteiger partial charge in [0.05, 0.1) is 7.11 Å². The number of hydrogen-bond donors (Lipinski definition) is 1. The van der Waals surface area contributed by atoms with Crippen molar-refractivity contribution in [2.75, 3.05) is 20.7 Å². The second-order valence-electron chi connectivity index (χ2n) is 5.37. The van der Waals surface area contributed by atoms with E-state index >= 15 is 0 Å². The largest absolute Gasteiger partial charge is 0.497 e. The second-order valence-corrected chi connectivity index (χ2v) is 5.37. The van der Waals surface area contributed by atoms with Crippen molar-refractivity contribution >= 4 is 0 Å². The van der Waals surface area contributed by atoms with Crippen molar-refractivity contribution in [1.82, 2.24) is 10.2 Å². The molecule has 114 valence electrons. The predicted octanol–water partition coefficient (Wildman–Crippen LogP) is 3.46. The van der Waals surface area contributed by atoms with Gasteiger partial charge >= 0.3 is 0 Å². The van der Waals surface area contributed by atoms with E-state index in [4.69, 9.17) is 4.74 Å². The quantitative estimate of drug-likeness (QED) is 0.788. The van der Waals surface area contributed by atoms with Gasteiger partial charge < -0.3 is 10.1 Å². The molecule has 3 unspecified atom stereocenters. The minimum absolute atomic E-state index is 0.329. The summed E-state index contributed by atoms with van der Waals surface area (Å²) < 4.78 is 5.24. The van der Waals surface area contributed by atoms with E-state index in [1.54, 1.807) is 7.11 Å². The number of benzene rings is 1. The Hall–Kier alpha value is -1.06. The molecule has 0 bridgehead atoms. The van der Waals surface area contributed by atoms with Crippen LogP contribution in [0, 0.1) is 0 Å². The highest BCUT2D eigenvalue weighted by atomic mass is 16.5. The topological polar surface area (TPSA) is 24.5 Å². The Kier molecular flexibility index (Phi) is 7.03. The Bertz CT molecular complexity index is 377. The van der Waals surface area contributed by atoms with Crippen LogP contribution in [0.4, 0.5) is 0 Å². The Morgan fingerprint density at radius 1 is 1.15 bits per heavy atom. The lowest BCUT2D eigenvalue weighted by atomic mass is 9.97. The number of methoxy groups -OCH3 is 1. The van der Waals surface area contributed by atoms with Gasteiger partial charge in [-0.15, -0.1) is 0 Å². The molecule has 1 rings (SSSR count). The van der Waals surface area contributed by atoms with Crippen LogP contribution in [0.15, 0.2) is 24.3 Å². The monoisotopic (exact) mass is 278 g/mol. The zero-order valence-corrected chi connectivity index (χ0v) is 13.8. The minimum Gasteiger partial charge on any atom is -0.497 e. The van der Waals surface area contributed by atoms with Crippen molar-refractivity contribution in [3.05, 3.63) is 29.8 Å². The summed E-state index contributed by atoms with van der Waals surface area (Å²) in [6.07, 6.45) is 1.18. The van der Waals surface area contributed by atoms with Crippen LogP contribution >= 0.6 is 0 Å². The Balaban J connectivity index is 2.92. The third-order valence-electron chi connectivity index (χ3n) is 4.31. The number of ether oxygens (including phenoxy) is 1. The molecule has 0 fully saturated rings. The Morgan fingerprint density at radius 3 is 2.15 bits per heavy atom. The molecular weight excluding hydrogens is 248 g/mol. The van der Waals surface area contributed by atoms with E-state index in [1.165, 1.54) is 12.0 Å². The fourth-order valence-electron chi connectivity index (χ4n) is 2.92. The van der Waals surface area contributed by atoms with Crippen molar-refractivity contribution in [2.45, 2.75) is 52.2 Å². The predicted molar refractivity (Wildman–Crippen MR) is 86.4 cm³/mol. The normalized spacial score (nSPS) is 15.9. The maximum atomic E-state index is 5.24. The van der Waals surface area contributed by atoms with Crippen LogP contribution in [-0.2, 0) is 0 Å². The van der Waals surface area contributed by atoms with E-state index in [-0.39, 0.29) is 0 Å². The molecule has 3 nitrogen and oxygen atoms in total. The number of rotatable bonds is 8. The SMILES string of the molecule is CCC(C)N(CC)C(C)C(NC)c1ccc(OC)cc1. The fraction of sp³-hybridized carbons (Fsp3) is 0.647. The highest BCUT2D eigenvalue weighted by Crippen LogP contribution is 2.24. The van der Waals surface area contributed by atoms with E-state index < -0.39 is 0 Å². The first-order valence-electron chi connectivity index (χ1n) is 7.65. The van der Waals surface area contributed by atoms with Crippen LogP contribution in [0.2, 0.25) is 0 Å². The minimum atomic E-state index is 0.329. The van der Waals surface area contributed by atoms with Gasteiger partial charge in [0.15, 0.2) is 0 Å². The van der Waals surface area contributed by atoms with Gasteiger partial charge in [0.2, 0.25) is 0 Å². The molecule has 20 heavy (non-hydrogen) atoms. The first-order valence-corrected chi connectivity index (χ1v) is 7.65. The van der Waals surface area contributed by atoms with E-state index in [0.29, 0.717) is 18.1 Å². The Morgan fingerprint density at radius 2 is 1.75 bits per heavy atom. The van der Waals surface area contributed by atoms with Crippen molar-refractivity contribution in [3.8, 4) is 5.75 Å². The van der Waals surface area contributed by atoms with Crippen molar-refractivity contribution < 1.29 is 4.74 Å². The van der Waals surface area contributed by atoms with E-state index in [1.807, 2.05) is 19.2 Å². The van der Waals surface area contributed by atoms with E-state index in [0.717, 1.165) is 12.3 Å². The number of nitrogens with zero attached hydrogens (tertiary/aromatic N) is 1. The van der Waals surface area contributed by atoms with Crippen LogP contribution in [0.1, 0.15) is 45.7 Å². The van der Waals surface area contributed by atoms with Gasteiger partial charge in [0.25, 0.3) is 0 Å². The van der Waals surface area contributed by atoms with Crippen LogP contribution in [0.25, 0.3) is 0 Å². The molecule has 3 heteroatoms. The number of hydrogen-bond acceptors (Lipinski definition) is 3. The molecule has 0 aliphatic rings. The number of likely N-dealkylation sites (N-methyl/N-ethyl adjacent to an activating group) is 2. The highest BCUT2D eigenvalue weighted by Gasteiger charge is 2.25. The lowest BCUT2D eigenvalue weighted by Crippen LogP contribution is -2.46. The van der Waals surface area contributed by atoms with Gasteiger partial charge in [0, 0.05) is 18.1 Å². The molecule has 1 N–H and O–H groups in total. The first-order chi connectivity index (χ1) is 9.58. The van der Waals surface area contributed by atoms with Gasteiger partial charge in [0.1, 0.15) is 5.75 Å². The van der Waals surface area contributed by atoms with Crippen LogP contribution < -0.4 is 10.1 Å². The summed E-state index contributed by atoms with van der Waals surface area (Å²) in [5, 5.41) is 3.47. The summed E-state index contributed by atoms with van der Waals surface area (Å²) in [5.74, 6) is 0.908. The average Bonchev–Trinajstić information content (AvgIpc) is 2.49. The molecule has 0 aromatic heterocycles. The molecule has 1 aromatic rings. The third kappa shape index (κ3) is 3.97. The van der Waals surface area contributed by atoms with Gasteiger partial charge in [-0.3, -0.25) is 4.90 Å². The molecule has 3 atom stereocenters. The molecule has 1 aromatic carbocycles. The van der Waals surface area contributed by atoms with Crippen molar-refractivity contribution in [3.63, 3.8) is 0 Å². The first kappa shape index (κ1) is 17.0. The van der Waals surface area contributed by atoms with Crippen molar-refractivity contribution in [2.24, 2.45) is 0 Å². The molecule has 0 spiro atoms. The van der Waals surface area contributed by atoms with Gasteiger partial charge in [-0.1, -0.05) is 26.0 Å². The maximum Gasteiger partial charge on any atom is 0.118 e. The summed E-state index contributed by atoms with van der Waals surface area (Å²) >= 11 is 0. The lowest BCUT2D eigenvalue weighted by molar-refractivity contribution is 0.130. The fourth-order valence-corrected chi connectivity index (χ4v) is 2.92. The summed E-state index contributed by atoms with van der Waals surface area (Å²) in [6, 6.07) is 9.76. The van der Waals surface area contributed by atoms with Crippen molar-refractivity contribution in [1.29, 1.82) is 0 Å². The Labute approximate surface area is 124 Å². The van der Waals surface area contributed by atoms with Gasteiger partial charge in [-0.2, -0.15) is 0 Å². The summed E-state index contributed by atoms with van der Waals surface area (Å²) in [5.41, 5.74) is 1.31. The van der Waals surface area contributed by atoms with E-state index in [2.05, 4.69) is 50.0 Å². The summed E-state index contributed by atoms with van der Waals surface area (Å²) in [4.78, 5) is 2.56. The second kappa shape index (κ2) is 8.28. The standard InChI is InChI=1S/C17H30N2O/c1-7-13(3)19(8-2)14(4)17(18-5)15-9-11-16(20-6)12-10-15/h9-14,17-18H,7-8H2,1-6H3. The van der Waals surface area contributed by atoms with Gasteiger partial charge in [-0.25, -0.2) is 0 Å². The molecule has 0 aliphatic carbocycles. The number of nitrogens with one attached hydrogen (secondary N) is 1. The molecule has 0 saturated carbocycles. The average molecular weight is 278 g/mol. The molecule has 0 heterocycles. The zero-order chi connectivity index (χ0) is 15.1. The molecule has 0 aliphatic heterocycles. The third-order valence-corrected chi connectivity index (χ3v) is 4.31. The molecule has 0 amide bonds. The van der Waals surface area contributed by atoms with Crippen LogP contribution in [0.3, 0.4) is 0 Å². The summed E-state index contributed by atoms with van der Waals surface area (Å²) in [6.45, 7) is 10.2.